The summed E-state index contributed by atoms with van der Waals surface area (Å²) in [6.45, 7) is 2.68. The zero-order valence-electron chi connectivity index (χ0n) is 22.5. The Morgan fingerprint density at radius 2 is 1.45 bits per heavy atom. The number of fused-ring (bicyclic) bond motifs is 1. The molecule has 198 valence electrons. The molecule has 0 aromatic heterocycles. The Balaban J connectivity index is 1.50. The number of methoxy groups -OCH3 is 2. The smallest absolute Gasteiger partial charge is 0.306 e. The standard InChI is InChI=1S/C33H36O5/c1-4-5-6-7-22-37-32(34)21-10-24-8-14-28(15-9-24)38-33-30(25-11-16-27(35-2)17-12-25)19-13-26-23-29(36-3)18-20-31(26)33/h8-9,11-20,23H,4-7,10,21-22H2,1-3H3. The van der Waals surface area contributed by atoms with Crippen LogP contribution in [0.1, 0.15) is 44.6 Å². The van der Waals surface area contributed by atoms with Gasteiger partial charge >= 0.3 is 5.97 Å². The molecule has 0 saturated heterocycles. The highest BCUT2D eigenvalue weighted by Gasteiger charge is 2.14. The highest BCUT2D eigenvalue weighted by atomic mass is 16.5. The summed E-state index contributed by atoms with van der Waals surface area (Å²) in [4.78, 5) is 12.1. The van der Waals surface area contributed by atoms with E-state index in [9.17, 15) is 4.79 Å². The summed E-state index contributed by atoms with van der Waals surface area (Å²) in [5.74, 6) is 2.96. The molecule has 5 nitrogen and oxygen atoms in total. The van der Waals surface area contributed by atoms with Gasteiger partial charge in [-0.3, -0.25) is 4.79 Å². The van der Waals surface area contributed by atoms with Gasteiger partial charge in [0.1, 0.15) is 23.0 Å². The summed E-state index contributed by atoms with van der Waals surface area (Å²) in [6.07, 6.45) is 5.41. The Morgan fingerprint density at radius 1 is 0.737 bits per heavy atom. The van der Waals surface area contributed by atoms with Crippen LogP contribution in [0.15, 0.2) is 78.9 Å². The molecule has 0 saturated carbocycles. The fourth-order valence-electron chi connectivity index (χ4n) is 4.39. The van der Waals surface area contributed by atoms with Gasteiger partial charge in [-0.2, -0.15) is 0 Å². The van der Waals surface area contributed by atoms with Crippen molar-refractivity contribution in [3.05, 3.63) is 84.4 Å². The lowest BCUT2D eigenvalue weighted by Gasteiger charge is -2.16. The van der Waals surface area contributed by atoms with E-state index in [1.54, 1.807) is 14.2 Å². The van der Waals surface area contributed by atoms with E-state index in [4.69, 9.17) is 18.9 Å². The van der Waals surface area contributed by atoms with Crippen molar-refractivity contribution >= 4 is 16.7 Å². The van der Waals surface area contributed by atoms with Crippen LogP contribution in [-0.2, 0) is 16.0 Å². The van der Waals surface area contributed by atoms with Gasteiger partial charge in [-0.15, -0.1) is 0 Å². The molecule has 0 atom stereocenters. The second kappa shape index (κ2) is 13.5. The molecule has 0 spiro atoms. The maximum Gasteiger partial charge on any atom is 0.306 e. The normalized spacial score (nSPS) is 10.8. The molecule has 4 rings (SSSR count). The van der Waals surface area contributed by atoms with E-state index in [0.717, 1.165) is 63.3 Å². The van der Waals surface area contributed by atoms with Crippen molar-refractivity contribution < 1.29 is 23.7 Å². The highest BCUT2D eigenvalue weighted by Crippen LogP contribution is 2.41. The minimum absolute atomic E-state index is 0.142. The van der Waals surface area contributed by atoms with Crippen LogP contribution >= 0.6 is 0 Å². The maximum atomic E-state index is 12.1. The zero-order valence-corrected chi connectivity index (χ0v) is 22.5. The van der Waals surface area contributed by atoms with E-state index in [2.05, 4.69) is 19.1 Å². The molecule has 0 aliphatic rings. The van der Waals surface area contributed by atoms with Crippen molar-refractivity contribution in [1.82, 2.24) is 0 Å². The summed E-state index contributed by atoms with van der Waals surface area (Å²) in [5, 5.41) is 2.02. The van der Waals surface area contributed by atoms with Crippen LogP contribution in [0.2, 0.25) is 0 Å². The van der Waals surface area contributed by atoms with Crippen LogP contribution in [0.3, 0.4) is 0 Å². The van der Waals surface area contributed by atoms with Crippen LogP contribution < -0.4 is 14.2 Å². The number of rotatable bonds is 13. The molecule has 0 radical (unpaired) electrons. The highest BCUT2D eigenvalue weighted by molar-refractivity contribution is 5.96. The first kappa shape index (κ1) is 27.1. The molecule has 0 N–H and O–H groups in total. The number of carbonyl (C=O) groups excluding carboxylic acids is 1. The van der Waals surface area contributed by atoms with E-state index >= 15 is 0 Å². The molecular weight excluding hydrogens is 476 g/mol. The Bertz CT molecular complexity index is 1330. The molecule has 0 heterocycles. The van der Waals surface area contributed by atoms with Crippen LogP contribution in [0.4, 0.5) is 0 Å². The van der Waals surface area contributed by atoms with Gasteiger partial charge in [0.25, 0.3) is 0 Å². The molecule has 0 bridgehead atoms. The van der Waals surface area contributed by atoms with E-state index in [1.165, 1.54) is 12.8 Å². The number of aryl methyl sites for hydroxylation is 1. The molecule has 4 aromatic carbocycles. The summed E-state index contributed by atoms with van der Waals surface area (Å²) < 4.78 is 22.6. The summed E-state index contributed by atoms with van der Waals surface area (Å²) in [7, 11) is 3.33. The zero-order chi connectivity index (χ0) is 26.7. The Hall–Kier alpha value is -3.99. The van der Waals surface area contributed by atoms with Gasteiger partial charge < -0.3 is 18.9 Å². The number of unbranched alkanes of at least 4 members (excludes halogenated alkanes) is 3. The lowest BCUT2D eigenvalue weighted by Crippen LogP contribution is -2.07. The molecule has 0 unspecified atom stereocenters. The van der Waals surface area contributed by atoms with Crippen molar-refractivity contribution in [2.24, 2.45) is 0 Å². The van der Waals surface area contributed by atoms with Gasteiger partial charge in [0.2, 0.25) is 0 Å². The maximum absolute atomic E-state index is 12.1. The van der Waals surface area contributed by atoms with Crippen LogP contribution in [0, 0.1) is 0 Å². The second-order valence-electron chi connectivity index (χ2n) is 9.28. The molecule has 0 aliphatic carbocycles. The second-order valence-corrected chi connectivity index (χ2v) is 9.28. The van der Waals surface area contributed by atoms with Crippen molar-refractivity contribution in [2.75, 3.05) is 20.8 Å². The van der Waals surface area contributed by atoms with Crippen molar-refractivity contribution in [3.63, 3.8) is 0 Å². The summed E-state index contributed by atoms with van der Waals surface area (Å²) in [6, 6.07) is 26.0. The van der Waals surface area contributed by atoms with Gasteiger partial charge in [0.05, 0.1) is 20.8 Å². The van der Waals surface area contributed by atoms with Gasteiger partial charge in [0, 0.05) is 17.4 Å². The third-order valence-electron chi connectivity index (χ3n) is 6.60. The van der Waals surface area contributed by atoms with E-state index in [0.29, 0.717) is 19.4 Å². The molecule has 0 fully saturated rings. The summed E-state index contributed by atoms with van der Waals surface area (Å²) in [5.41, 5.74) is 3.08. The van der Waals surface area contributed by atoms with Crippen LogP contribution in [0.5, 0.6) is 23.0 Å². The summed E-state index contributed by atoms with van der Waals surface area (Å²) >= 11 is 0. The average molecular weight is 513 g/mol. The Labute approximate surface area is 225 Å². The largest absolute Gasteiger partial charge is 0.497 e. The average Bonchev–Trinajstić information content (AvgIpc) is 2.96. The topological polar surface area (TPSA) is 54.0 Å². The van der Waals surface area contributed by atoms with Gasteiger partial charge in [-0.1, -0.05) is 56.5 Å². The molecule has 0 aliphatic heterocycles. The third kappa shape index (κ3) is 7.06. The minimum atomic E-state index is -0.142. The lowest BCUT2D eigenvalue weighted by atomic mass is 9.99. The SMILES string of the molecule is CCCCCCOC(=O)CCc1ccc(Oc2c(-c3ccc(OC)cc3)ccc3cc(OC)ccc23)cc1. The fourth-order valence-corrected chi connectivity index (χ4v) is 4.39. The van der Waals surface area contributed by atoms with Gasteiger partial charge in [-0.05, 0) is 77.9 Å². The number of benzene rings is 4. The number of esters is 1. The first-order valence-corrected chi connectivity index (χ1v) is 13.3. The number of ether oxygens (including phenoxy) is 4. The predicted molar refractivity (Wildman–Crippen MR) is 152 cm³/mol. The number of hydrogen-bond acceptors (Lipinski definition) is 5. The molecular formula is C33H36O5. The van der Waals surface area contributed by atoms with E-state index in [-0.39, 0.29) is 5.97 Å². The molecule has 38 heavy (non-hydrogen) atoms. The monoisotopic (exact) mass is 512 g/mol. The first-order chi connectivity index (χ1) is 18.6. The van der Waals surface area contributed by atoms with Crippen molar-refractivity contribution in [1.29, 1.82) is 0 Å². The number of carbonyl (C=O) groups is 1. The van der Waals surface area contributed by atoms with Crippen LogP contribution in [0.25, 0.3) is 21.9 Å². The minimum Gasteiger partial charge on any atom is -0.497 e. The van der Waals surface area contributed by atoms with Crippen LogP contribution in [-0.4, -0.2) is 26.8 Å². The number of hydrogen-bond donors (Lipinski definition) is 0. The Kier molecular flexibility index (Phi) is 9.63. The lowest BCUT2D eigenvalue weighted by molar-refractivity contribution is -0.143. The molecule has 5 heteroatoms. The quantitative estimate of drug-likeness (QED) is 0.133. The Morgan fingerprint density at radius 3 is 2.16 bits per heavy atom. The van der Waals surface area contributed by atoms with Crippen molar-refractivity contribution in [2.45, 2.75) is 45.4 Å². The van der Waals surface area contributed by atoms with Gasteiger partial charge in [0.15, 0.2) is 0 Å². The molecule has 0 amide bonds. The van der Waals surface area contributed by atoms with E-state index in [1.807, 2.05) is 66.7 Å². The third-order valence-corrected chi connectivity index (χ3v) is 6.60. The first-order valence-electron chi connectivity index (χ1n) is 13.3. The van der Waals surface area contributed by atoms with Crippen molar-refractivity contribution in [3.8, 4) is 34.1 Å². The predicted octanol–water partition coefficient (Wildman–Crippen LogP) is 8.37. The molecule has 4 aromatic rings. The van der Waals surface area contributed by atoms with Gasteiger partial charge in [-0.25, -0.2) is 0 Å². The van der Waals surface area contributed by atoms with E-state index < -0.39 is 0 Å². The fraction of sp³-hybridized carbons (Fsp3) is 0.303.